The molecule has 0 aliphatic heterocycles. The number of carbonyl (C=O) groups excluding carboxylic acids is 2. The molecule has 0 atom stereocenters. The number of nitrogens with one attached hydrogen (secondary N) is 2. The highest BCUT2D eigenvalue weighted by atomic mass is 16.2. The average Bonchev–Trinajstić information content (AvgIpc) is 2.52. The lowest BCUT2D eigenvalue weighted by molar-refractivity contribution is -0.116. The molecule has 0 aromatic heterocycles. The molecule has 0 spiro atoms. The van der Waals surface area contributed by atoms with Crippen LogP contribution in [0.3, 0.4) is 0 Å². The predicted molar refractivity (Wildman–Crippen MR) is 86.0 cm³/mol. The summed E-state index contributed by atoms with van der Waals surface area (Å²) < 4.78 is 0. The molecule has 114 valence electrons. The van der Waals surface area contributed by atoms with Gasteiger partial charge >= 0.3 is 0 Å². The van der Waals surface area contributed by atoms with Crippen LogP contribution in [0.2, 0.25) is 0 Å². The van der Waals surface area contributed by atoms with Gasteiger partial charge < -0.3 is 10.6 Å². The molecule has 1 aromatic rings. The zero-order valence-corrected chi connectivity index (χ0v) is 12.8. The third-order valence-corrected chi connectivity index (χ3v) is 3.16. The van der Waals surface area contributed by atoms with Crippen molar-refractivity contribution >= 4 is 17.9 Å². The molecule has 4 heteroatoms. The Morgan fingerprint density at radius 2 is 1.81 bits per heavy atom. The molecule has 0 saturated heterocycles. The van der Waals surface area contributed by atoms with Gasteiger partial charge in [0, 0.05) is 25.2 Å². The number of hydrogen-bond donors (Lipinski definition) is 2. The van der Waals surface area contributed by atoms with Gasteiger partial charge in [-0.05, 0) is 30.2 Å². The second-order valence-electron chi connectivity index (χ2n) is 4.89. The maximum absolute atomic E-state index is 11.6. The lowest BCUT2D eigenvalue weighted by Gasteiger charge is -2.02. The standard InChI is InChI=1S/C17H24N2O2/c1-3-4-5-6-13-19-16(20)12-9-14-7-10-15(11-8-14)17(21)18-2/h7-12H,3-6,13H2,1-2H3,(H,18,21)(H,19,20)/b12-9+. The van der Waals surface area contributed by atoms with E-state index in [9.17, 15) is 9.59 Å². The summed E-state index contributed by atoms with van der Waals surface area (Å²) in [6.45, 7) is 2.88. The van der Waals surface area contributed by atoms with E-state index < -0.39 is 0 Å². The van der Waals surface area contributed by atoms with Gasteiger partial charge in [-0.2, -0.15) is 0 Å². The Kier molecular flexibility index (Phi) is 7.87. The first-order valence-electron chi connectivity index (χ1n) is 7.45. The number of carbonyl (C=O) groups is 2. The van der Waals surface area contributed by atoms with Gasteiger partial charge in [0.1, 0.15) is 0 Å². The molecule has 1 aromatic carbocycles. The third-order valence-electron chi connectivity index (χ3n) is 3.16. The van der Waals surface area contributed by atoms with Crippen molar-refractivity contribution in [1.82, 2.24) is 10.6 Å². The molecule has 21 heavy (non-hydrogen) atoms. The van der Waals surface area contributed by atoms with Crippen LogP contribution in [0, 0.1) is 0 Å². The van der Waals surface area contributed by atoms with Crippen LogP contribution in [-0.4, -0.2) is 25.4 Å². The second-order valence-corrected chi connectivity index (χ2v) is 4.89. The van der Waals surface area contributed by atoms with Gasteiger partial charge in [-0.1, -0.05) is 38.3 Å². The van der Waals surface area contributed by atoms with Gasteiger partial charge in [-0.15, -0.1) is 0 Å². The highest BCUT2D eigenvalue weighted by molar-refractivity contribution is 5.94. The molecule has 0 aliphatic carbocycles. The Labute approximate surface area is 126 Å². The van der Waals surface area contributed by atoms with Crippen LogP contribution in [0.4, 0.5) is 0 Å². The number of unbranched alkanes of at least 4 members (excludes halogenated alkanes) is 3. The maximum atomic E-state index is 11.6. The van der Waals surface area contributed by atoms with E-state index >= 15 is 0 Å². The number of rotatable bonds is 8. The normalized spacial score (nSPS) is 10.6. The van der Waals surface area contributed by atoms with Crippen molar-refractivity contribution in [1.29, 1.82) is 0 Å². The van der Waals surface area contributed by atoms with E-state index in [0.29, 0.717) is 5.56 Å². The van der Waals surface area contributed by atoms with E-state index in [0.717, 1.165) is 24.9 Å². The van der Waals surface area contributed by atoms with Gasteiger partial charge in [0.05, 0.1) is 0 Å². The molecule has 0 saturated carbocycles. The summed E-state index contributed by atoms with van der Waals surface area (Å²) in [5, 5.41) is 5.43. The monoisotopic (exact) mass is 288 g/mol. The summed E-state index contributed by atoms with van der Waals surface area (Å²) >= 11 is 0. The first-order valence-corrected chi connectivity index (χ1v) is 7.45. The van der Waals surface area contributed by atoms with E-state index in [1.54, 1.807) is 25.3 Å². The summed E-state index contributed by atoms with van der Waals surface area (Å²) in [5.41, 5.74) is 1.50. The Morgan fingerprint density at radius 3 is 2.43 bits per heavy atom. The summed E-state index contributed by atoms with van der Waals surface area (Å²) in [4.78, 5) is 23.0. The summed E-state index contributed by atoms with van der Waals surface area (Å²) in [7, 11) is 1.60. The van der Waals surface area contributed by atoms with Crippen LogP contribution in [0.25, 0.3) is 6.08 Å². The molecule has 1 rings (SSSR count). The fourth-order valence-electron chi connectivity index (χ4n) is 1.88. The number of amides is 2. The van der Waals surface area contributed by atoms with E-state index in [1.807, 2.05) is 12.1 Å². The molecule has 0 heterocycles. The topological polar surface area (TPSA) is 58.2 Å². The SMILES string of the molecule is CCCCCCNC(=O)/C=C/c1ccc(C(=O)NC)cc1. The fraction of sp³-hybridized carbons (Fsp3) is 0.412. The van der Waals surface area contributed by atoms with Crippen molar-refractivity contribution in [3.8, 4) is 0 Å². The van der Waals surface area contributed by atoms with Crippen molar-refractivity contribution in [2.24, 2.45) is 0 Å². The molecular formula is C17H24N2O2. The van der Waals surface area contributed by atoms with Crippen molar-refractivity contribution in [3.05, 3.63) is 41.5 Å². The van der Waals surface area contributed by atoms with E-state index in [4.69, 9.17) is 0 Å². The lowest BCUT2D eigenvalue weighted by Crippen LogP contribution is -2.21. The van der Waals surface area contributed by atoms with Crippen LogP contribution < -0.4 is 10.6 Å². The Bertz CT molecular complexity index is 478. The summed E-state index contributed by atoms with van der Waals surface area (Å²) in [6.07, 6.45) is 7.85. The highest BCUT2D eigenvalue weighted by Crippen LogP contribution is 2.06. The van der Waals surface area contributed by atoms with Gasteiger partial charge in [0.2, 0.25) is 5.91 Å². The van der Waals surface area contributed by atoms with Crippen LogP contribution in [-0.2, 0) is 4.79 Å². The molecule has 0 unspecified atom stereocenters. The average molecular weight is 288 g/mol. The molecule has 0 bridgehead atoms. The highest BCUT2D eigenvalue weighted by Gasteiger charge is 2.01. The van der Waals surface area contributed by atoms with Gasteiger partial charge in [-0.3, -0.25) is 9.59 Å². The minimum atomic E-state index is -0.115. The second kappa shape index (κ2) is 9.75. The lowest BCUT2D eigenvalue weighted by atomic mass is 10.1. The van der Waals surface area contributed by atoms with Crippen molar-refractivity contribution in [2.45, 2.75) is 32.6 Å². The molecular weight excluding hydrogens is 264 g/mol. The number of benzene rings is 1. The molecule has 0 aliphatic rings. The summed E-state index contributed by atoms with van der Waals surface area (Å²) in [5.74, 6) is -0.197. The zero-order chi connectivity index (χ0) is 15.5. The predicted octanol–water partition coefficient (Wildman–Crippen LogP) is 2.76. The first kappa shape index (κ1) is 17.0. The molecule has 0 fully saturated rings. The van der Waals surface area contributed by atoms with E-state index in [2.05, 4.69) is 17.6 Å². The third kappa shape index (κ3) is 6.75. The minimum Gasteiger partial charge on any atom is -0.355 e. The van der Waals surface area contributed by atoms with Gasteiger partial charge in [0.15, 0.2) is 0 Å². The van der Waals surface area contributed by atoms with Gasteiger partial charge in [0.25, 0.3) is 5.91 Å². The van der Waals surface area contributed by atoms with Crippen LogP contribution >= 0.6 is 0 Å². The molecule has 2 amide bonds. The van der Waals surface area contributed by atoms with Gasteiger partial charge in [-0.25, -0.2) is 0 Å². The Hall–Kier alpha value is -2.10. The van der Waals surface area contributed by atoms with E-state index in [1.165, 1.54) is 18.9 Å². The number of hydrogen-bond acceptors (Lipinski definition) is 2. The van der Waals surface area contributed by atoms with Crippen molar-refractivity contribution < 1.29 is 9.59 Å². The fourth-order valence-corrected chi connectivity index (χ4v) is 1.88. The van der Waals surface area contributed by atoms with Crippen LogP contribution in [0.15, 0.2) is 30.3 Å². The Morgan fingerprint density at radius 1 is 1.10 bits per heavy atom. The Balaban J connectivity index is 2.38. The molecule has 2 N–H and O–H groups in total. The van der Waals surface area contributed by atoms with E-state index in [-0.39, 0.29) is 11.8 Å². The molecule has 0 radical (unpaired) electrons. The minimum absolute atomic E-state index is 0.0816. The largest absolute Gasteiger partial charge is 0.355 e. The first-order chi connectivity index (χ1) is 10.2. The van der Waals surface area contributed by atoms with Crippen molar-refractivity contribution in [3.63, 3.8) is 0 Å². The molecule has 4 nitrogen and oxygen atoms in total. The van der Waals surface area contributed by atoms with Crippen LogP contribution in [0.5, 0.6) is 0 Å². The summed E-state index contributed by atoms with van der Waals surface area (Å²) in [6, 6.07) is 7.10. The van der Waals surface area contributed by atoms with Crippen molar-refractivity contribution in [2.75, 3.05) is 13.6 Å². The van der Waals surface area contributed by atoms with Crippen LogP contribution in [0.1, 0.15) is 48.5 Å². The maximum Gasteiger partial charge on any atom is 0.251 e. The zero-order valence-electron chi connectivity index (χ0n) is 12.8. The smallest absolute Gasteiger partial charge is 0.251 e. The quantitative estimate of drug-likeness (QED) is 0.571.